The molecule has 74 valence electrons. The molecule has 0 aliphatic carbocycles. The smallest absolute Gasteiger partial charge is 0.305 e. The first-order chi connectivity index (χ1) is 6.74. The maximum atomic E-state index is 11.4. The van der Waals surface area contributed by atoms with Crippen molar-refractivity contribution in [3.63, 3.8) is 0 Å². The van der Waals surface area contributed by atoms with Gasteiger partial charge in [0.25, 0.3) is 0 Å². The highest BCUT2D eigenvalue weighted by Crippen LogP contribution is 2.03. The largest absolute Gasteiger partial charge is 0.469 e. The Morgan fingerprint density at radius 2 is 2.21 bits per heavy atom. The minimum atomic E-state index is -0.373. The highest BCUT2D eigenvalue weighted by molar-refractivity contribution is 5.97. The molecule has 0 fully saturated rings. The summed E-state index contributed by atoms with van der Waals surface area (Å²) >= 11 is 0. The van der Waals surface area contributed by atoms with E-state index in [9.17, 15) is 9.59 Å². The molecule has 0 aliphatic heterocycles. The number of carbonyl (C=O) groups excluding carboxylic acids is 2. The van der Waals surface area contributed by atoms with Gasteiger partial charge in [-0.3, -0.25) is 14.6 Å². The Kier molecular flexibility index (Phi) is 3.79. The molecule has 1 aromatic heterocycles. The Morgan fingerprint density at radius 3 is 2.79 bits per heavy atom. The van der Waals surface area contributed by atoms with Crippen molar-refractivity contribution in [3.05, 3.63) is 30.1 Å². The van der Waals surface area contributed by atoms with Crippen molar-refractivity contribution in [2.75, 3.05) is 7.11 Å². The van der Waals surface area contributed by atoms with Crippen molar-refractivity contribution in [3.8, 4) is 0 Å². The van der Waals surface area contributed by atoms with E-state index in [0.29, 0.717) is 5.56 Å². The third-order valence-corrected chi connectivity index (χ3v) is 1.77. The molecule has 0 saturated heterocycles. The molecule has 4 heteroatoms. The van der Waals surface area contributed by atoms with Gasteiger partial charge in [-0.1, -0.05) is 0 Å². The van der Waals surface area contributed by atoms with Gasteiger partial charge in [0.05, 0.1) is 13.5 Å². The number of ketones is 1. The van der Waals surface area contributed by atoms with E-state index < -0.39 is 0 Å². The molecule has 1 heterocycles. The second kappa shape index (κ2) is 5.11. The number of carbonyl (C=O) groups is 2. The van der Waals surface area contributed by atoms with E-state index in [-0.39, 0.29) is 24.6 Å². The first kappa shape index (κ1) is 10.4. The van der Waals surface area contributed by atoms with Crippen LogP contribution in [0.25, 0.3) is 0 Å². The van der Waals surface area contributed by atoms with Crippen molar-refractivity contribution < 1.29 is 14.3 Å². The van der Waals surface area contributed by atoms with E-state index in [0.717, 1.165) is 0 Å². The summed E-state index contributed by atoms with van der Waals surface area (Å²) in [7, 11) is 1.30. The third-order valence-electron chi connectivity index (χ3n) is 1.77. The van der Waals surface area contributed by atoms with Crippen LogP contribution in [0.4, 0.5) is 0 Å². The highest BCUT2D eigenvalue weighted by Gasteiger charge is 2.08. The van der Waals surface area contributed by atoms with Crippen molar-refractivity contribution in [1.29, 1.82) is 0 Å². The molecule has 0 N–H and O–H groups in total. The molecule has 0 saturated carbocycles. The van der Waals surface area contributed by atoms with E-state index >= 15 is 0 Å². The number of aromatic nitrogens is 1. The van der Waals surface area contributed by atoms with Crippen LogP contribution in [0, 0.1) is 0 Å². The molecular formula is C10H11NO3. The lowest BCUT2D eigenvalue weighted by molar-refractivity contribution is -0.140. The fraction of sp³-hybridized carbons (Fsp3) is 0.300. The zero-order valence-corrected chi connectivity index (χ0v) is 7.90. The molecule has 0 aliphatic rings. The quantitative estimate of drug-likeness (QED) is 0.533. The lowest BCUT2D eigenvalue weighted by Crippen LogP contribution is -2.06. The number of hydrogen-bond acceptors (Lipinski definition) is 4. The first-order valence-corrected chi connectivity index (χ1v) is 4.24. The lowest BCUT2D eigenvalue weighted by Gasteiger charge is -1.99. The zero-order chi connectivity index (χ0) is 10.4. The van der Waals surface area contributed by atoms with E-state index in [2.05, 4.69) is 9.72 Å². The maximum absolute atomic E-state index is 11.4. The number of rotatable bonds is 4. The van der Waals surface area contributed by atoms with Gasteiger partial charge in [0.1, 0.15) is 0 Å². The summed E-state index contributed by atoms with van der Waals surface area (Å²) in [6.07, 6.45) is 3.36. The molecule has 0 radical (unpaired) electrons. The molecule has 0 bridgehead atoms. The van der Waals surface area contributed by atoms with Crippen LogP contribution in [-0.4, -0.2) is 23.8 Å². The topological polar surface area (TPSA) is 56.3 Å². The summed E-state index contributed by atoms with van der Waals surface area (Å²) in [4.78, 5) is 26.0. The molecule has 1 aromatic rings. The summed E-state index contributed by atoms with van der Waals surface area (Å²) in [5.74, 6) is -0.467. The Labute approximate surface area is 81.9 Å². The SMILES string of the molecule is COC(=O)CCC(=O)c1cccnc1. The van der Waals surface area contributed by atoms with Crippen LogP contribution in [0.5, 0.6) is 0 Å². The Balaban J connectivity index is 2.48. The predicted molar refractivity (Wildman–Crippen MR) is 49.8 cm³/mol. The van der Waals surface area contributed by atoms with Gasteiger partial charge < -0.3 is 4.74 Å². The van der Waals surface area contributed by atoms with E-state index in [1.807, 2.05) is 0 Å². The molecule has 4 nitrogen and oxygen atoms in total. The summed E-state index contributed by atoms with van der Waals surface area (Å²) in [5.41, 5.74) is 0.524. The minimum Gasteiger partial charge on any atom is -0.469 e. The second-order valence-corrected chi connectivity index (χ2v) is 2.74. The molecule has 1 rings (SSSR count). The summed E-state index contributed by atoms with van der Waals surface area (Å²) < 4.78 is 4.43. The van der Waals surface area contributed by atoms with Crippen LogP contribution in [-0.2, 0) is 9.53 Å². The van der Waals surface area contributed by atoms with Crippen molar-refractivity contribution >= 4 is 11.8 Å². The van der Waals surface area contributed by atoms with Gasteiger partial charge in [-0.15, -0.1) is 0 Å². The number of ether oxygens (including phenoxy) is 1. The number of Topliss-reactive ketones (excluding diaryl/α,β-unsaturated/α-hetero) is 1. The fourth-order valence-electron chi connectivity index (χ4n) is 0.990. The van der Waals surface area contributed by atoms with Crippen LogP contribution in [0.2, 0.25) is 0 Å². The lowest BCUT2D eigenvalue weighted by atomic mass is 10.1. The average Bonchev–Trinajstić information content (AvgIpc) is 2.26. The van der Waals surface area contributed by atoms with Crippen molar-refractivity contribution in [2.24, 2.45) is 0 Å². The number of nitrogens with zero attached hydrogens (tertiary/aromatic N) is 1. The zero-order valence-electron chi connectivity index (χ0n) is 7.90. The monoisotopic (exact) mass is 193 g/mol. The molecule has 0 aromatic carbocycles. The molecular weight excluding hydrogens is 182 g/mol. The molecule has 0 amide bonds. The summed E-state index contributed by atoms with van der Waals surface area (Å²) in [6.45, 7) is 0. The van der Waals surface area contributed by atoms with Crippen molar-refractivity contribution in [2.45, 2.75) is 12.8 Å². The number of methoxy groups -OCH3 is 1. The first-order valence-electron chi connectivity index (χ1n) is 4.24. The maximum Gasteiger partial charge on any atom is 0.305 e. The van der Waals surface area contributed by atoms with Crippen LogP contribution in [0.15, 0.2) is 24.5 Å². The van der Waals surface area contributed by atoms with Gasteiger partial charge in [0.15, 0.2) is 5.78 Å². The van der Waals surface area contributed by atoms with Crippen LogP contribution in [0.1, 0.15) is 23.2 Å². The third kappa shape index (κ3) is 2.97. The van der Waals surface area contributed by atoms with Crippen LogP contribution in [0.3, 0.4) is 0 Å². The number of hydrogen-bond donors (Lipinski definition) is 0. The van der Waals surface area contributed by atoms with E-state index in [1.54, 1.807) is 18.3 Å². The second-order valence-electron chi connectivity index (χ2n) is 2.74. The van der Waals surface area contributed by atoms with Crippen LogP contribution >= 0.6 is 0 Å². The Morgan fingerprint density at radius 1 is 1.43 bits per heavy atom. The van der Waals surface area contributed by atoms with E-state index in [4.69, 9.17) is 0 Å². The standard InChI is InChI=1S/C10H11NO3/c1-14-10(13)5-4-9(12)8-3-2-6-11-7-8/h2-3,6-7H,4-5H2,1H3. The van der Waals surface area contributed by atoms with Gasteiger partial charge in [-0.25, -0.2) is 0 Å². The normalized spacial score (nSPS) is 9.50. The van der Waals surface area contributed by atoms with Crippen molar-refractivity contribution in [1.82, 2.24) is 4.98 Å². The Bertz CT molecular complexity index is 321. The fourth-order valence-corrected chi connectivity index (χ4v) is 0.990. The van der Waals surface area contributed by atoms with E-state index in [1.165, 1.54) is 13.3 Å². The average molecular weight is 193 g/mol. The number of pyridine rings is 1. The molecule has 14 heavy (non-hydrogen) atoms. The predicted octanol–water partition coefficient (Wildman–Crippen LogP) is 1.22. The van der Waals surface area contributed by atoms with Crippen LogP contribution < -0.4 is 0 Å². The van der Waals surface area contributed by atoms with Gasteiger partial charge in [0.2, 0.25) is 0 Å². The summed E-state index contributed by atoms with van der Waals surface area (Å²) in [6, 6.07) is 3.36. The molecule has 0 unspecified atom stereocenters. The van der Waals surface area contributed by atoms with Gasteiger partial charge in [-0.2, -0.15) is 0 Å². The molecule has 0 atom stereocenters. The number of esters is 1. The molecule has 0 spiro atoms. The Hall–Kier alpha value is -1.71. The minimum absolute atomic E-state index is 0.0940. The van der Waals surface area contributed by atoms with Gasteiger partial charge in [-0.05, 0) is 12.1 Å². The summed E-state index contributed by atoms with van der Waals surface area (Å²) in [5, 5.41) is 0. The van der Waals surface area contributed by atoms with Gasteiger partial charge >= 0.3 is 5.97 Å². The van der Waals surface area contributed by atoms with Gasteiger partial charge in [0, 0.05) is 24.4 Å². The highest BCUT2D eigenvalue weighted by atomic mass is 16.5.